The molecule has 0 N–H and O–H groups in total. The van der Waals surface area contributed by atoms with E-state index in [2.05, 4.69) is 42.2 Å². The number of hydrogen-bond acceptors (Lipinski definition) is 4. The van der Waals surface area contributed by atoms with E-state index in [-0.39, 0.29) is 11.3 Å². The Kier molecular flexibility index (Phi) is 8.93. The van der Waals surface area contributed by atoms with E-state index in [1.807, 2.05) is 60.0 Å². The number of likely N-dealkylation sites (tertiary alicyclic amines) is 1. The second kappa shape index (κ2) is 12.1. The van der Waals surface area contributed by atoms with Crippen LogP contribution in [0, 0.1) is 19.3 Å². The molecule has 1 aliphatic rings. The van der Waals surface area contributed by atoms with Gasteiger partial charge in [-0.1, -0.05) is 41.9 Å². The molecule has 2 aromatic carbocycles. The van der Waals surface area contributed by atoms with Gasteiger partial charge in [-0.15, -0.1) is 0 Å². The van der Waals surface area contributed by atoms with Gasteiger partial charge in [-0.3, -0.25) is 14.4 Å². The number of hydrogen-bond donors (Lipinski definition) is 0. The number of rotatable bonds is 10. The normalized spacial score (nSPS) is 18.1. The van der Waals surface area contributed by atoms with Crippen LogP contribution < -0.4 is 4.74 Å². The fourth-order valence-corrected chi connectivity index (χ4v) is 5.34. The second-order valence-corrected chi connectivity index (χ2v) is 10.9. The van der Waals surface area contributed by atoms with Gasteiger partial charge in [0, 0.05) is 61.8 Å². The van der Waals surface area contributed by atoms with Gasteiger partial charge in [0.25, 0.3) is 0 Å². The van der Waals surface area contributed by atoms with Gasteiger partial charge in [0.15, 0.2) is 0 Å². The van der Waals surface area contributed by atoms with Crippen molar-refractivity contribution < 1.29 is 9.53 Å². The van der Waals surface area contributed by atoms with Crippen molar-refractivity contribution >= 4 is 17.5 Å². The van der Waals surface area contributed by atoms with Crippen molar-refractivity contribution in [1.29, 1.82) is 0 Å². The van der Waals surface area contributed by atoms with Crippen LogP contribution in [-0.2, 0) is 24.4 Å². The van der Waals surface area contributed by atoms with Crippen LogP contribution in [0.25, 0.3) is 0 Å². The maximum absolute atomic E-state index is 13.5. The summed E-state index contributed by atoms with van der Waals surface area (Å²) in [5.41, 5.74) is 4.17. The van der Waals surface area contributed by atoms with E-state index in [0.717, 1.165) is 66.6 Å². The van der Waals surface area contributed by atoms with Gasteiger partial charge < -0.3 is 9.64 Å². The summed E-state index contributed by atoms with van der Waals surface area (Å²) in [5.74, 6) is 0.945. The molecule has 7 heteroatoms. The third kappa shape index (κ3) is 7.14. The lowest BCUT2D eigenvalue weighted by Crippen LogP contribution is -2.48. The molecule has 1 aliphatic heterocycles. The summed E-state index contributed by atoms with van der Waals surface area (Å²) >= 11 is 6.23. The Morgan fingerprint density at radius 3 is 2.68 bits per heavy atom. The molecule has 3 aromatic rings. The molecular weight excluding hydrogens is 484 g/mol. The highest BCUT2D eigenvalue weighted by atomic mass is 35.5. The molecule has 0 saturated carbocycles. The van der Waals surface area contributed by atoms with Crippen LogP contribution in [0.1, 0.15) is 48.6 Å². The Bertz CT molecular complexity index is 1200. The maximum Gasteiger partial charge on any atom is 0.223 e. The molecule has 0 aliphatic carbocycles. The lowest BCUT2D eigenvalue weighted by molar-refractivity contribution is -0.135. The van der Waals surface area contributed by atoms with Gasteiger partial charge in [-0.2, -0.15) is 5.10 Å². The van der Waals surface area contributed by atoms with Crippen LogP contribution in [0.5, 0.6) is 5.75 Å². The lowest BCUT2D eigenvalue weighted by Gasteiger charge is -2.43. The van der Waals surface area contributed by atoms with Gasteiger partial charge in [0.05, 0.1) is 12.3 Å². The molecule has 1 fully saturated rings. The summed E-state index contributed by atoms with van der Waals surface area (Å²) < 4.78 is 8.35. The van der Waals surface area contributed by atoms with Crippen molar-refractivity contribution in [2.24, 2.45) is 5.41 Å². The number of nitrogens with zero attached hydrogens (tertiary/aromatic N) is 4. The quantitative estimate of drug-likeness (QED) is 0.333. The number of carbonyl (C=O) groups excluding carboxylic acids is 1. The van der Waals surface area contributed by atoms with Gasteiger partial charge in [0.1, 0.15) is 5.75 Å². The Hall–Kier alpha value is -2.83. The molecule has 4 rings (SSSR count). The van der Waals surface area contributed by atoms with Gasteiger partial charge in [0.2, 0.25) is 5.91 Å². The molecule has 0 bridgehead atoms. The Labute approximate surface area is 226 Å². The van der Waals surface area contributed by atoms with Gasteiger partial charge >= 0.3 is 0 Å². The zero-order valence-electron chi connectivity index (χ0n) is 22.5. The number of aryl methyl sites for hydroxylation is 3. The van der Waals surface area contributed by atoms with E-state index in [1.54, 1.807) is 0 Å². The third-order valence-corrected chi connectivity index (χ3v) is 7.82. The first-order valence-corrected chi connectivity index (χ1v) is 13.6. The van der Waals surface area contributed by atoms with Crippen LogP contribution in [0.15, 0.2) is 54.7 Å². The molecule has 1 saturated heterocycles. The molecule has 0 spiro atoms. The van der Waals surface area contributed by atoms with Gasteiger partial charge in [-0.25, -0.2) is 0 Å². The van der Waals surface area contributed by atoms with Crippen molar-refractivity contribution in [2.75, 3.05) is 26.7 Å². The van der Waals surface area contributed by atoms with Crippen molar-refractivity contribution in [2.45, 2.75) is 59.7 Å². The van der Waals surface area contributed by atoms with E-state index in [1.165, 1.54) is 5.56 Å². The largest absolute Gasteiger partial charge is 0.493 e. The molecule has 0 unspecified atom stereocenters. The van der Waals surface area contributed by atoms with Crippen LogP contribution in [0.4, 0.5) is 0 Å². The number of piperidine rings is 1. The molecule has 37 heavy (non-hydrogen) atoms. The molecule has 2 heterocycles. The zero-order chi connectivity index (χ0) is 26.4. The summed E-state index contributed by atoms with van der Waals surface area (Å²) in [4.78, 5) is 17.8. The average molecular weight is 523 g/mol. The summed E-state index contributed by atoms with van der Waals surface area (Å²) in [6.07, 6.45) is 4.58. The highest BCUT2D eigenvalue weighted by molar-refractivity contribution is 6.31. The minimum absolute atomic E-state index is 0.150. The molecule has 198 valence electrons. The Morgan fingerprint density at radius 1 is 1.19 bits per heavy atom. The smallest absolute Gasteiger partial charge is 0.223 e. The van der Waals surface area contributed by atoms with E-state index in [0.29, 0.717) is 19.6 Å². The highest BCUT2D eigenvalue weighted by Gasteiger charge is 2.39. The van der Waals surface area contributed by atoms with Crippen molar-refractivity contribution in [3.63, 3.8) is 0 Å². The third-order valence-electron chi connectivity index (χ3n) is 7.40. The maximum atomic E-state index is 13.5. The SMILES string of the molecule is CCn1cc(CN2CCC[C@](COc3ccc(Cl)c(C)c3)(CC(=O)N(C)Cc3ccccc3)C2)c(C)n1. The van der Waals surface area contributed by atoms with E-state index in [9.17, 15) is 4.79 Å². The van der Waals surface area contributed by atoms with Crippen molar-refractivity contribution in [3.8, 4) is 5.75 Å². The van der Waals surface area contributed by atoms with E-state index in [4.69, 9.17) is 16.3 Å². The summed E-state index contributed by atoms with van der Waals surface area (Å²) in [7, 11) is 1.90. The molecule has 1 amide bonds. The van der Waals surface area contributed by atoms with E-state index >= 15 is 0 Å². The first-order valence-electron chi connectivity index (χ1n) is 13.2. The van der Waals surface area contributed by atoms with E-state index < -0.39 is 0 Å². The summed E-state index contributed by atoms with van der Waals surface area (Å²) in [6.45, 7) is 10.8. The minimum Gasteiger partial charge on any atom is -0.493 e. The molecule has 6 nitrogen and oxygen atoms in total. The van der Waals surface area contributed by atoms with Crippen LogP contribution in [-0.4, -0.2) is 52.2 Å². The average Bonchev–Trinajstić information content (AvgIpc) is 3.24. The molecule has 1 aromatic heterocycles. The van der Waals surface area contributed by atoms with Crippen LogP contribution >= 0.6 is 11.6 Å². The van der Waals surface area contributed by atoms with Crippen LogP contribution in [0.2, 0.25) is 5.02 Å². The fourth-order valence-electron chi connectivity index (χ4n) is 5.22. The Balaban J connectivity index is 1.51. The fraction of sp³-hybridized carbons (Fsp3) is 0.467. The number of benzene rings is 2. The first kappa shape index (κ1) is 27.2. The standard InChI is InChI=1S/C30H39ClN4O2/c1-5-35-20-26(24(3)32-35)19-34-15-9-14-30(21-34,22-37-27-12-13-28(31)23(2)16-27)17-29(36)33(4)18-25-10-7-6-8-11-25/h6-8,10-13,16,20H,5,9,14-15,17-19,21-22H2,1-4H3/t30-/m0/s1. The monoisotopic (exact) mass is 522 g/mol. The molecule has 0 radical (unpaired) electrons. The van der Waals surface area contributed by atoms with Crippen molar-refractivity contribution in [1.82, 2.24) is 19.6 Å². The number of ether oxygens (including phenoxy) is 1. The molecule has 1 atom stereocenters. The lowest BCUT2D eigenvalue weighted by atomic mass is 9.77. The number of halogens is 1. The summed E-state index contributed by atoms with van der Waals surface area (Å²) in [6, 6.07) is 15.9. The molecular formula is C30H39ClN4O2. The minimum atomic E-state index is -0.275. The number of amides is 1. The number of aromatic nitrogens is 2. The second-order valence-electron chi connectivity index (χ2n) is 10.5. The first-order chi connectivity index (χ1) is 17.8. The number of carbonyl (C=O) groups is 1. The highest BCUT2D eigenvalue weighted by Crippen LogP contribution is 2.36. The van der Waals surface area contributed by atoms with Gasteiger partial charge in [-0.05, 0) is 69.5 Å². The topological polar surface area (TPSA) is 50.6 Å². The van der Waals surface area contributed by atoms with Crippen LogP contribution in [0.3, 0.4) is 0 Å². The predicted octanol–water partition coefficient (Wildman–Crippen LogP) is 5.88. The Morgan fingerprint density at radius 2 is 1.97 bits per heavy atom. The predicted molar refractivity (Wildman–Crippen MR) is 149 cm³/mol. The zero-order valence-corrected chi connectivity index (χ0v) is 23.3. The summed E-state index contributed by atoms with van der Waals surface area (Å²) in [5, 5.41) is 5.36. The van der Waals surface area contributed by atoms with Crippen molar-refractivity contribution in [3.05, 3.63) is 82.1 Å².